The molecule has 0 aliphatic carbocycles. The molecule has 0 aliphatic heterocycles. The maximum atomic E-state index is 10.8. The van der Waals surface area contributed by atoms with Crippen molar-refractivity contribution in [3.05, 3.63) is 28.5 Å². The van der Waals surface area contributed by atoms with Gasteiger partial charge in [-0.3, -0.25) is 4.79 Å². The van der Waals surface area contributed by atoms with Crippen LogP contribution in [-0.2, 0) is 15.1 Å². The highest BCUT2D eigenvalue weighted by molar-refractivity contribution is 7.73. The van der Waals surface area contributed by atoms with E-state index in [-0.39, 0.29) is 0 Å². The summed E-state index contributed by atoms with van der Waals surface area (Å²) < 4.78 is 20.1. The molecule has 0 atom stereocenters. The van der Waals surface area contributed by atoms with Crippen LogP contribution in [0.25, 0.3) is 6.08 Å². The van der Waals surface area contributed by atoms with Crippen molar-refractivity contribution in [2.24, 2.45) is 0 Å². The first-order valence-electron chi connectivity index (χ1n) is 3.35. The quantitative estimate of drug-likeness (QED) is 0.557. The van der Waals surface area contributed by atoms with Crippen molar-refractivity contribution in [1.82, 2.24) is 0 Å². The fourth-order valence-corrected chi connectivity index (χ4v) is 1.58. The second-order valence-corrected chi connectivity index (χ2v) is 3.71. The van der Waals surface area contributed by atoms with Gasteiger partial charge in [-0.25, -0.2) is 0 Å². The lowest BCUT2D eigenvalue weighted by Gasteiger charge is -1.79. The van der Waals surface area contributed by atoms with Crippen LogP contribution in [0.1, 0.15) is 5.56 Å². The summed E-state index contributed by atoms with van der Waals surface area (Å²) in [7, 11) is -2.42. The average Bonchev–Trinajstić information content (AvgIpc) is 2.51. The Morgan fingerprint density at radius 3 is 2.77 bits per heavy atom. The molecule has 0 radical (unpaired) electrons. The smallest absolute Gasteiger partial charge is 0.218 e. The van der Waals surface area contributed by atoms with Crippen LogP contribution < -0.4 is 0 Å². The molecule has 0 N–H and O–H groups in total. The number of thiophene rings is 1. The van der Waals surface area contributed by atoms with Crippen molar-refractivity contribution in [3.8, 4) is 0 Å². The number of hydrogen-bond donors (Lipinski definition) is 0. The van der Waals surface area contributed by atoms with Gasteiger partial charge < -0.3 is 0 Å². The molecule has 0 amide bonds. The highest BCUT2D eigenvalue weighted by Crippen LogP contribution is 2.07. The first-order chi connectivity index (χ1) is 6.18. The Bertz CT molecular complexity index is 430. The largest absolute Gasteiger partial charge is 0.289 e. The van der Waals surface area contributed by atoms with Crippen LogP contribution in [0.2, 0.25) is 0 Å². The summed E-state index contributed by atoms with van der Waals surface area (Å²) in [5.74, 6) is -0.528. The molecule has 0 aliphatic rings. The van der Waals surface area contributed by atoms with E-state index in [1.165, 1.54) is 17.4 Å². The molecule has 0 saturated heterocycles. The highest BCUT2D eigenvalue weighted by Gasteiger charge is 1.91. The Morgan fingerprint density at radius 1 is 1.46 bits per heavy atom. The van der Waals surface area contributed by atoms with Crippen LogP contribution >= 0.6 is 11.3 Å². The number of rotatable bonds is 3. The van der Waals surface area contributed by atoms with Crippen LogP contribution in [0.4, 0.5) is 0 Å². The topological polar surface area (TPSA) is 51.2 Å². The summed E-state index contributed by atoms with van der Waals surface area (Å²) in [5.41, 5.74) is 0.892. The van der Waals surface area contributed by atoms with Gasteiger partial charge in [0.05, 0.1) is 0 Å². The zero-order chi connectivity index (χ0) is 9.68. The van der Waals surface area contributed by atoms with Gasteiger partial charge in [0.25, 0.3) is 0 Å². The number of carbonyl (C=O) groups is 1. The van der Waals surface area contributed by atoms with Crippen LogP contribution in [0.3, 0.4) is 0 Å². The maximum absolute atomic E-state index is 10.8. The molecule has 1 aromatic rings. The molecule has 0 spiro atoms. The molecule has 3 nitrogen and oxygen atoms in total. The van der Waals surface area contributed by atoms with Crippen molar-refractivity contribution in [1.29, 1.82) is 0 Å². The van der Waals surface area contributed by atoms with Crippen LogP contribution in [0, 0.1) is 0 Å². The van der Waals surface area contributed by atoms with Gasteiger partial charge in [0.2, 0.25) is 10.3 Å². The molecule has 13 heavy (non-hydrogen) atoms. The van der Waals surface area contributed by atoms with Gasteiger partial charge in [0.1, 0.15) is 5.37 Å². The molecule has 68 valence electrons. The minimum atomic E-state index is -2.42. The van der Waals surface area contributed by atoms with Gasteiger partial charge in [-0.2, -0.15) is 19.8 Å². The molecule has 0 saturated carbocycles. The van der Waals surface area contributed by atoms with E-state index in [1.807, 2.05) is 16.8 Å². The fraction of sp³-hybridized carbons (Fsp3) is 0. The van der Waals surface area contributed by atoms with E-state index in [0.29, 0.717) is 5.37 Å². The van der Waals surface area contributed by atoms with Gasteiger partial charge in [0, 0.05) is 0 Å². The van der Waals surface area contributed by atoms with Crippen molar-refractivity contribution in [2.75, 3.05) is 0 Å². The monoisotopic (exact) mass is 214 g/mol. The normalized spacial score (nSPS) is 10.2. The molecule has 0 aromatic carbocycles. The third-order valence-electron chi connectivity index (χ3n) is 1.20. The Hall–Kier alpha value is -1.20. The lowest BCUT2D eigenvalue weighted by molar-refractivity contribution is -0.108. The summed E-state index contributed by atoms with van der Waals surface area (Å²) in [4.78, 5) is 10.8. The van der Waals surface area contributed by atoms with Gasteiger partial charge in [0.15, 0.2) is 5.78 Å². The molecule has 1 aromatic heterocycles. The van der Waals surface area contributed by atoms with Crippen molar-refractivity contribution in [2.45, 2.75) is 0 Å². The van der Waals surface area contributed by atoms with E-state index in [2.05, 4.69) is 0 Å². The van der Waals surface area contributed by atoms with E-state index < -0.39 is 16.1 Å². The Kier molecular flexibility index (Phi) is 3.60. The van der Waals surface area contributed by atoms with E-state index in [9.17, 15) is 13.2 Å². The highest BCUT2D eigenvalue weighted by atomic mass is 32.2. The van der Waals surface area contributed by atoms with Crippen molar-refractivity contribution in [3.63, 3.8) is 0 Å². The molecule has 0 fully saturated rings. The lowest BCUT2D eigenvalue weighted by Crippen LogP contribution is -1.93. The standard InChI is InChI=1S/C8H6O3S2/c9-8(6-13(10)11)2-1-7-3-4-12-5-7/h1-6H. The van der Waals surface area contributed by atoms with Gasteiger partial charge in [-0.05, 0) is 28.5 Å². The second-order valence-electron chi connectivity index (χ2n) is 2.17. The first-order valence-corrected chi connectivity index (χ1v) is 5.44. The van der Waals surface area contributed by atoms with E-state index in [1.54, 1.807) is 6.08 Å². The van der Waals surface area contributed by atoms with Crippen molar-refractivity contribution >= 4 is 38.9 Å². The summed E-state index contributed by atoms with van der Waals surface area (Å²) in [6.45, 7) is 0. The molecular formula is C8H6O3S2. The summed E-state index contributed by atoms with van der Waals surface area (Å²) in [6, 6.07) is 1.84. The third-order valence-corrected chi connectivity index (χ3v) is 2.32. The summed E-state index contributed by atoms with van der Waals surface area (Å²) in [6.07, 6.45) is 2.79. The lowest BCUT2D eigenvalue weighted by atomic mass is 10.3. The number of carbonyl (C=O) groups excluding carboxylic acids is 1. The molecule has 5 heteroatoms. The second kappa shape index (κ2) is 4.74. The zero-order valence-electron chi connectivity index (χ0n) is 6.51. The predicted octanol–water partition coefficient (Wildman–Crippen LogP) is 1.01. The van der Waals surface area contributed by atoms with Crippen LogP contribution in [-0.4, -0.2) is 19.6 Å². The van der Waals surface area contributed by atoms with E-state index >= 15 is 0 Å². The molecule has 1 heterocycles. The third kappa shape index (κ3) is 3.82. The predicted molar refractivity (Wildman–Crippen MR) is 53.3 cm³/mol. The minimum Gasteiger partial charge on any atom is -0.289 e. The van der Waals surface area contributed by atoms with Crippen molar-refractivity contribution < 1.29 is 13.2 Å². The van der Waals surface area contributed by atoms with Crippen LogP contribution in [0.15, 0.2) is 22.9 Å². The molecule has 1 rings (SSSR count). The Balaban J connectivity index is 2.70. The van der Waals surface area contributed by atoms with Gasteiger partial charge in [-0.15, -0.1) is 0 Å². The fourth-order valence-electron chi connectivity index (χ4n) is 0.682. The maximum Gasteiger partial charge on any atom is 0.218 e. The molecule has 0 unspecified atom stereocenters. The van der Waals surface area contributed by atoms with E-state index in [0.717, 1.165) is 5.56 Å². The summed E-state index contributed by atoms with van der Waals surface area (Å²) >= 11 is 1.51. The number of hydrogen-bond acceptors (Lipinski definition) is 4. The Morgan fingerprint density at radius 2 is 2.23 bits per heavy atom. The minimum absolute atomic E-state index is 0.528. The number of ketones is 1. The van der Waals surface area contributed by atoms with Gasteiger partial charge in [-0.1, -0.05) is 6.08 Å². The first kappa shape index (κ1) is 9.88. The molecular weight excluding hydrogens is 208 g/mol. The Labute approximate surface area is 80.9 Å². The molecule has 0 bridgehead atoms. The average molecular weight is 214 g/mol. The van der Waals surface area contributed by atoms with E-state index in [4.69, 9.17) is 0 Å². The van der Waals surface area contributed by atoms with Gasteiger partial charge >= 0.3 is 0 Å². The number of allylic oxidation sites excluding steroid dienone is 1. The van der Waals surface area contributed by atoms with Crippen LogP contribution in [0.5, 0.6) is 0 Å². The summed E-state index contributed by atoms with van der Waals surface area (Å²) in [5, 5.41) is 4.36. The zero-order valence-corrected chi connectivity index (χ0v) is 8.14. The SMILES string of the molecule is O=C(C=Cc1ccsc1)C=S(=O)=O.